The number of hydrogen-bond acceptors (Lipinski definition) is 2. The first kappa shape index (κ1) is 16.1. The Morgan fingerprint density at radius 3 is 2.62 bits per heavy atom. The van der Waals surface area contributed by atoms with Crippen molar-refractivity contribution in [2.24, 2.45) is 0 Å². The van der Waals surface area contributed by atoms with Gasteiger partial charge in [-0.15, -0.1) is 0 Å². The van der Waals surface area contributed by atoms with Gasteiger partial charge in [-0.3, -0.25) is 4.79 Å². The van der Waals surface area contributed by atoms with Gasteiger partial charge in [-0.2, -0.15) is 0 Å². The van der Waals surface area contributed by atoms with Gasteiger partial charge in [0.05, 0.1) is 0 Å². The van der Waals surface area contributed by atoms with Gasteiger partial charge >= 0.3 is 6.03 Å². The predicted octanol–water partition coefficient (Wildman–Crippen LogP) is 3.81. The third kappa shape index (κ3) is 3.75. The lowest BCUT2D eigenvalue weighted by molar-refractivity contribution is 0.251. The van der Waals surface area contributed by atoms with E-state index in [0.29, 0.717) is 16.3 Å². The van der Waals surface area contributed by atoms with E-state index in [1.807, 2.05) is 25.1 Å². The fourth-order valence-corrected chi connectivity index (χ4v) is 2.51. The van der Waals surface area contributed by atoms with Crippen LogP contribution in [0.1, 0.15) is 11.1 Å². The number of carbonyl (C=O) groups excluding carboxylic acids is 1. The molecule has 0 fully saturated rings. The number of H-pyrrole nitrogens is 1. The maximum atomic E-state index is 12.1. The SMILES string of the molecule is Cc1ccc2[nH]c(=O)c(CNC(=O)Nc3ccc(Cl)cc3)cc2c1. The first-order valence-electron chi connectivity index (χ1n) is 7.44. The summed E-state index contributed by atoms with van der Waals surface area (Å²) in [6, 6.07) is 14.0. The maximum absolute atomic E-state index is 12.1. The summed E-state index contributed by atoms with van der Waals surface area (Å²) in [4.78, 5) is 26.8. The van der Waals surface area contributed by atoms with E-state index in [1.165, 1.54) is 0 Å². The Bertz CT molecular complexity index is 949. The molecule has 0 saturated heterocycles. The highest BCUT2D eigenvalue weighted by molar-refractivity contribution is 6.30. The van der Waals surface area contributed by atoms with Gasteiger partial charge < -0.3 is 15.6 Å². The molecule has 2 aromatic carbocycles. The normalized spacial score (nSPS) is 10.6. The van der Waals surface area contributed by atoms with E-state index < -0.39 is 0 Å². The molecule has 3 N–H and O–H groups in total. The maximum Gasteiger partial charge on any atom is 0.319 e. The molecule has 3 aromatic rings. The molecule has 6 heteroatoms. The molecule has 0 spiro atoms. The van der Waals surface area contributed by atoms with Crippen LogP contribution in [0.5, 0.6) is 0 Å². The van der Waals surface area contributed by atoms with Gasteiger partial charge in [-0.25, -0.2) is 4.79 Å². The first-order chi connectivity index (χ1) is 11.5. The number of aryl methyl sites for hydroxylation is 1. The third-order valence-electron chi connectivity index (χ3n) is 3.62. The number of halogens is 1. The molecule has 0 saturated carbocycles. The highest BCUT2D eigenvalue weighted by atomic mass is 35.5. The van der Waals surface area contributed by atoms with Gasteiger partial charge in [-0.05, 0) is 54.8 Å². The van der Waals surface area contributed by atoms with Gasteiger partial charge in [0.25, 0.3) is 5.56 Å². The van der Waals surface area contributed by atoms with Crippen molar-refractivity contribution in [3.05, 3.63) is 75.0 Å². The quantitative estimate of drug-likeness (QED) is 0.677. The van der Waals surface area contributed by atoms with Crippen molar-refractivity contribution in [2.45, 2.75) is 13.5 Å². The molecular formula is C18H16ClN3O2. The van der Waals surface area contributed by atoms with E-state index in [-0.39, 0.29) is 18.1 Å². The number of aromatic nitrogens is 1. The summed E-state index contributed by atoms with van der Waals surface area (Å²) < 4.78 is 0. The number of pyridine rings is 1. The molecule has 24 heavy (non-hydrogen) atoms. The lowest BCUT2D eigenvalue weighted by Gasteiger charge is -2.08. The minimum atomic E-state index is -0.388. The highest BCUT2D eigenvalue weighted by Crippen LogP contribution is 2.14. The van der Waals surface area contributed by atoms with Crippen LogP contribution in [0.4, 0.5) is 10.5 Å². The van der Waals surface area contributed by atoms with Crippen molar-refractivity contribution < 1.29 is 4.79 Å². The fourth-order valence-electron chi connectivity index (χ4n) is 2.39. The number of rotatable bonds is 3. The number of urea groups is 1. The topological polar surface area (TPSA) is 74.0 Å². The summed E-state index contributed by atoms with van der Waals surface area (Å²) in [5.74, 6) is 0. The number of fused-ring (bicyclic) bond motifs is 1. The fraction of sp³-hybridized carbons (Fsp3) is 0.111. The average molecular weight is 342 g/mol. The Hall–Kier alpha value is -2.79. The van der Waals surface area contributed by atoms with E-state index in [2.05, 4.69) is 15.6 Å². The van der Waals surface area contributed by atoms with Crippen molar-refractivity contribution in [1.82, 2.24) is 10.3 Å². The number of amides is 2. The molecule has 3 rings (SSSR count). The van der Waals surface area contributed by atoms with Crippen LogP contribution in [0.15, 0.2) is 53.3 Å². The summed E-state index contributed by atoms with van der Waals surface area (Å²) in [6.45, 7) is 2.13. The van der Waals surface area contributed by atoms with Crippen LogP contribution in [0, 0.1) is 6.92 Å². The van der Waals surface area contributed by atoms with E-state index >= 15 is 0 Å². The van der Waals surface area contributed by atoms with Crippen LogP contribution in [0.3, 0.4) is 0 Å². The second kappa shape index (κ2) is 6.76. The zero-order valence-electron chi connectivity index (χ0n) is 13.0. The summed E-state index contributed by atoms with van der Waals surface area (Å²) >= 11 is 5.80. The molecule has 122 valence electrons. The zero-order valence-corrected chi connectivity index (χ0v) is 13.8. The number of carbonyl (C=O) groups is 1. The van der Waals surface area contributed by atoms with E-state index in [9.17, 15) is 9.59 Å². The monoisotopic (exact) mass is 341 g/mol. The molecule has 0 aliphatic carbocycles. The van der Waals surface area contributed by atoms with E-state index in [0.717, 1.165) is 16.5 Å². The smallest absolute Gasteiger partial charge is 0.319 e. The van der Waals surface area contributed by atoms with E-state index in [4.69, 9.17) is 11.6 Å². The van der Waals surface area contributed by atoms with Crippen molar-refractivity contribution in [3.63, 3.8) is 0 Å². The molecule has 0 aliphatic rings. The van der Waals surface area contributed by atoms with Gasteiger partial charge in [0.1, 0.15) is 0 Å². The van der Waals surface area contributed by atoms with Gasteiger partial charge in [-0.1, -0.05) is 23.2 Å². The Morgan fingerprint density at radius 2 is 1.88 bits per heavy atom. The van der Waals surface area contributed by atoms with Crippen LogP contribution < -0.4 is 16.2 Å². The largest absolute Gasteiger partial charge is 0.334 e. The lowest BCUT2D eigenvalue weighted by Crippen LogP contribution is -2.30. The summed E-state index contributed by atoms with van der Waals surface area (Å²) in [7, 11) is 0. The minimum Gasteiger partial charge on any atom is -0.334 e. The molecule has 0 atom stereocenters. The van der Waals surface area contributed by atoms with Crippen molar-refractivity contribution in [3.8, 4) is 0 Å². The molecule has 1 heterocycles. The number of aromatic amines is 1. The Morgan fingerprint density at radius 1 is 1.12 bits per heavy atom. The highest BCUT2D eigenvalue weighted by Gasteiger charge is 2.06. The van der Waals surface area contributed by atoms with Crippen LogP contribution in [0.2, 0.25) is 5.02 Å². The van der Waals surface area contributed by atoms with Crippen molar-refractivity contribution in [2.75, 3.05) is 5.32 Å². The molecule has 0 unspecified atom stereocenters. The van der Waals surface area contributed by atoms with Crippen molar-refractivity contribution >= 4 is 34.2 Å². The standard InChI is InChI=1S/C18H16ClN3O2/c1-11-2-7-16-12(8-11)9-13(17(23)22-16)10-20-18(24)21-15-5-3-14(19)4-6-15/h2-9H,10H2,1H3,(H,22,23)(H2,20,21,24). The number of hydrogen-bond donors (Lipinski definition) is 3. The lowest BCUT2D eigenvalue weighted by atomic mass is 10.1. The Balaban J connectivity index is 1.70. The molecule has 2 amide bonds. The van der Waals surface area contributed by atoms with Crippen molar-refractivity contribution in [1.29, 1.82) is 0 Å². The molecule has 0 radical (unpaired) electrons. The molecule has 0 aliphatic heterocycles. The number of nitrogens with one attached hydrogen (secondary N) is 3. The number of benzene rings is 2. The summed E-state index contributed by atoms with van der Waals surface area (Å²) in [5, 5.41) is 6.89. The second-order valence-corrected chi connectivity index (χ2v) is 5.97. The zero-order chi connectivity index (χ0) is 17.1. The van der Waals surface area contributed by atoms with Gasteiger partial charge in [0.15, 0.2) is 0 Å². The Kier molecular flexibility index (Phi) is 4.53. The average Bonchev–Trinajstić information content (AvgIpc) is 2.55. The Labute approximate surface area is 143 Å². The second-order valence-electron chi connectivity index (χ2n) is 5.53. The summed E-state index contributed by atoms with van der Waals surface area (Å²) in [6.07, 6.45) is 0. The molecule has 5 nitrogen and oxygen atoms in total. The molecule has 1 aromatic heterocycles. The van der Waals surface area contributed by atoms with Crippen LogP contribution in [-0.4, -0.2) is 11.0 Å². The summed E-state index contributed by atoms with van der Waals surface area (Å²) in [5.41, 5.74) is 2.80. The van der Waals surface area contributed by atoms with Gasteiger partial charge in [0, 0.05) is 28.3 Å². The van der Waals surface area contributed by atoms with Crippen LogP contribution >= 0.6 is 11.6 Å². The first-order valence-corrected chi connectivity index (χ1v) is 7.82. The number of anilines is 1. The van der Waals surface area contributed by atoms with Crippen LogP contribution in [-0.2, 0) is 6.54 Å². The third-order valence-corrected chi connectivity index (χ3v) is 3.87. The van der Waals surface area contributed by atoms with Crippen LogP contribution in [0.25, 0.3) is 10.9 Å². The van der Waals surface area contributed by atoms with Gasteiger partial charge in [0.2, 0.25) is 0 Å². The molecule has 0 bridgehead atoms. The predicted molar refractivity (Wildman–Crippen MR) is 96.6 cm³/mol. The molecular weight excluding hydrogens is 326 g/mol. The van der Waals surface area contributed by atoms with E-state index in [1.54, 1.807) is 30.3 Å². The minimum absolute atomic E-state index is 0.138.